The Balaban J connectivity index is 0.000000146. The molecule has 19 heteroatoms. The summed E-state index contributed by atoms with van der Waals surface area (Å²) in [6.45, 7) is 10.4. The maximum absolute atomic E-state index is 14.0. The number of carboxylic acid groups (broad SMARTS) is 1. The normalized spacial score (nSPS) is 21.4. The zero-order valence-corrected chi connectivity index (χ0v) is 42.7. The average Bonchev–Trinajstić information content (AvgIpc) is 4.23. The highest BCUT2D eigenvalue weighted by atomic mass is 32.2. The van der Waals surface area contributed by atoms with Crippen LogP contribution >= 0.6 is 0 Å². The van der Waals surface area contributed by atoms with Gasteiger partial charge in [0.15, 0.2) is 11.3 Å². The molecule has 0 radical (unpaired) electrons. The summed E-state index contributed by atoms with van der Waals surface area (Å²) in [4.78, 5) is 36.7. The fraction of sp³-hybridized carbons (Fsp3) is 0.509. The molecule has 4 aromatic heterocycles. The van der Waals surface area contributed by atoms with E-state index in [9.17, 15) is 26.4 Å². The maximum atomic E-state index is 14.0. The highest BCUT2D eigenvalue weighted by molar-refractivity contribution is 7.93. The monoisotopic (exact) mass is 1020 g/mol. The van der Waals surface area contributed by atoms with Crippen LogP contribution in [-0.4, -0.2) is 106 Å². The number of likely N-dealkylation sites (tertiary alicyclic amines) is 1. The molecule has 0 bridgehead atoms. The summed E-state index contributed by atoms with van der Waals surface area (Å²) in [6.07, 6.45) is 12.6. The number of piperidine rings is 2. The Bertz CT molecular complexity index is 3250. The van der Waals surface area contributed by atoms with E-state index in [2.05, 4.69) is 37.4 Å². The van der Waals surface area contributed by atoms with E-state index in [0.29, 0.717) is 61.6 Å². The van der Waals surface area contributed by atoms with E-state index in [-0.39, 0.29) is 42.1 Å². The smallest absolute Gasteiger partial charge is 0.337 e. The molecule has 6 fully saturated rings. The Labute approximate surface area is 423 Å². The molecule has 0 spiro atoms. The molecular formula is C53H68N10O7S2. The standard InChI is InChI=1S/C26H31N5O3S.C15H20N4.C11H13NO4S.CH4/c1-17-7-10-23(30-12-5-13-35(30,33)34)20(14-17)26(32)29-11-4-3-6-24(29)22-16-25-27-21(19-8-9-19)15-18(2)31(25)28-22;1-10-8-13(11-5-6-11)17-15-9-14(18-19(10)15)12-4-2-3-7-16-12;1-8-3-4-10(9(7-8)11(13)14)12-5-2-6-17(12,15)16;/h7,10,14-16,19,24H,3-6,8-9,11-13H2,1-2H3;8-9,11-12,16H,2-7H2,1H3;3-4,7H,2,5-6H2,1H3,(H,13,14);1H4/t24-;12-;;/m00../s1. The highest BCUT2D eigenvalue weighted by Crippen LogP contribution is 2.41. The predicted octanol–water partition coefficient (Wildman–Crippen LogP) is 8.73. The van der Waals surface area contributed by atoms with Crippen molar-refractivity contribution in [2.45, 2.75) is 136 Å². The van der Waals surface area contributed by atoms with Crippen molar-refractivity contribution in [2.24, 2.45) is 0 Å². The molecule has 4 saturated heterocycles. The third-order valence-corrected chi connectivity index (χ3v) is 18.3. The van der Waals surface area contributed by atoms with Gasteiger partial charge in [0, 0.05) is 66.4 Å². The van der Waals surface area contributed by atoms with Crippen molar-refractivity contribution in [3.8, 4) is 0 Å². The van der Waals surface area contributed by atoms with Crippen LogP contribution in [0.4, 0.5) is 11.4 Å². The fourth-order valence-electron chi connectivity index (χ4n) is 10.5. The zero-order chi connectivity index (χ0) is 49.8. The van der Waals surface area contributed by atoms with Crippen LogP contribution in [0.15, 0.2) is 60.7 Å². The molecule has 2 N–H and O–H groups in total. The van der Waals surface area contributed by atoms with Gasteiger partial charge in [0.25, 0.3) is 5.91 Å². The van der Waals surface area contributed by atoms with Crippen LogP contribution in [0.25, 0.3) is 11.3 Å². The first-order valence-electron chi connectivity index (χ1n) is 25.3. The number of aromatic carboxylic acids is 1. The number of carbonyl (C=O) groups excluding carboxylic acids is 1. The van der Waals surface area contributed by atoms with Crippen LogP contribution in [0.2, 0.25) is 0 Å². The maximum Gasteiger partial charge on any atom is 0.337 e. The summed E-state index contributed by atoms with van der Waals surface area (Å²) >= 11 is 0. The number of nitrogens with zero attached hydrogens (tertiary/aromatic N) is 9. The van der Waals surface area contributed by atoms with E-state index in [1.54, 1.807) is 25.1 Å². The van der Waals surface area contributed by atoms with Crippen molar-refractivity contribution in [1.29, 1.82) is 0 Å². The lowest BCUT2D eigenvalue weighted by molar-refractivity contribution is 0.0605. The van der Waals surface area contributed by atoms with Crippen LogP contribution in [0, 0.1) is 27.7 Å². The average molecular weight is 1020 g/mol. The number of aromatic nitrogens is 6. The van der Waals surface area contributed by atoms with Gasteiger partial charge in [-0.1, -0.05) is 37.1 Å². The van der Waals surface area contributed by atoms with Gasteiger partial charge in [0.1, 0.15) is 0 Å². The Morgan fingerprint density at radius 1 is 0.583 bits per heavy atom. The molecule has 2 atom stereocenters. The van der Waals surface area contributed by atoms with E-state index in [4.69, 9.17) is 25.3 Å². The van der Waals surface area contributed by atoms with Gasteiger partial charge in [-0.2, -0.15) is 10.2 Å². The first kappa shape index (κ1) is 51.0. The molecule has 384 valence electrons. The molecule has 4 aliphatic heterocycles. The first-order chi connectivity index (χ1) is 34.0. The van der Waals surface area contributed by atoms with Gasteiger partial charge in [0.05, 0.1) is 57.5 Å². The van der Waals surface area contributed by atoms with Crippen molar-refractivity contribution in [3.63, 3.8) is 0 Å². The van der Waals surface area contributed by atoms with Crippen LogP contribution in [0.1, 0.15) is 174 Å². The topological polar surface area (TPSA) is 205 Å². The molecular weight excluding hydrogens is 953 g/mol. The third kappa shape index (κ3) is 10.6. The molecule has 2 aliphatic carbocycles. The molecule has 12 rings (SSSR count). The number of fused-ring (bicyclic) bond motifs is 2. The van der Waals surface area contributed by atoms with E-state index in [0.717, 1.165) is 71.0 Å². The zero-order valence-electron chi connectivity index (χ0n) is 41.0. The Morgan fingerprint density at radius 2 is 1.10 bits per heavy atom. The number of hydrogen-bond donors (Lipinski definition) is 2. The lowest BCUT2D eigenvalue weighted by Gasteiger charge is -2.35. The number of amides is 1. The molecule has 72 heavy (non-hydrogen) atoms. The van der Waals surface area contributed by atoms with Crippen LogP contribution in [0.5, 0.6) is 0 Å². The van der Waals surface area contributed by atoms with Crippen LogP contribution < -0.4 is 13.9 Å². The molecule has 6 aliphatic rings. The quantitative estimate of drug-likeness (QED) is 0.147. The minimum Gasteiger partial charge on any atom is -0.478 e. The second-order valence-corrected chi connectivity index (χ2v) is 24.2. The highest BCUT2D eigenvalue weighted by Gasteiger charge is 2.37. The first-order valence-corrected chi connectivity index (χ1v) is 28.5. The van der Waals surface area contributed by atoms with Crippen LogP contribution in [-0.2, 0) is 20.0 Å². The van der Waals surface area contributed by atoms with E-state index in [1.165, 1.54) is 71.0 Å². The van der Waals surface area contributed by atoms with E-state index in [1.807, 2.05) is 39.1 Å². The summed E-state index contributed by atoms with van der Waals surface area (Å²) in [5.41, 5.74) is 11.5. The van der Waals surface area contributed by atoms with Crippen molar-refractivity contribution in [1.82, 2.24) is 39.4 Å². The predicted molar refractivity (Wildman–Crippen MR) is 279 cm³/mol. The number of rotatable bonds is 8. The second-order valence-electron chi connectivity index (χ2n) is 20.2. The van der Waals surface area contributed by atoms with Crippen molar-refractivity contribution in [2.75, 3.05) is 46.3 Å². The number of nitrogens with one attached hydrogen (secondary N) is 1. The number of carboxylic acids is 1. The van der Waals surface area contributed by atoms with E-state index >= 15 is 0 Å². The molecule has 6 aromatic rings. The minimum atomic E-state index is -3.39. The van der Waals surface area contributed by atoms with Crippen LogP contribution in [0.3, 0.4) is 0 Å². The van der Waals surface area contributed by atoms with Crippen molar-refractivity contribution < 1.29 is 31.5 Å². The van der Waals surface area contributed by atoms with Gasteiger partial charge < -0.3 is 15.3 Å². The second kappa shape index (κ2) is 20.5. The molecule has 2 aromatic carbocycles. The SMILES string of the molecule is C.Cc1cc(C2CC2)nc2cc([C@@H]3CCCCN3)nn12.Cc1ccc(N2CCCS2(=O)=O)c(C(=O)N2CCCC[C@H]2c2cc3nc(C4CC4)cc(C)n3n2)c1.Cc1ccc(N2CCCS2(=O)=O)c(C(=O)O)c1. The van der Waals surface area contributed by atoms with Gasteiger partial charge in [0.2, 0.25) is 20.0 Å². The Kier molecular flexibility index (Phi) is 14.5. The summed E-state index contributed by atoms with van der Waals surface area (Å²) in [5.74, 6) is 0.236. The van der Waals surface area contributed by atoms with Gasteiger partial charge >= 0.3 is 5.97 Å². The van der Waals surface area contributed by atoms with Crippen molar-refractivity contribution in [3.05, 3.63) is 117 Å². The summed E-state index contributed by atoms with van der Waals surface area (Å²) in [7, 11) is -6.73. The molecule has 2 saturated carbocycles. The molecule has 0 unspecified atom stereocenters. The number of hydrogen-bond acceptors (Lipinski definition) is 11. The lowest BCUT2D eigenvalue weighted by atomic mass is 9.97. The summed E-state index contributed by atoms with van der Waals surface area (Å²) in [6, 6.07) is 19.0. The Hall–Kier alpha value is -5.92. The summed E-state index contributed by atoms with van der Waals surface area (Å²) < 4.78 is 55.3. The van der Waals surface area contributed by atoms with Crippen molar-refractivity contribution >= 4 is 54.6 Å². The number of benzene rings is 2. The third-order valence-electron chi connectivity index (χ3n) is 14.6. The van der Waals surface area contributed by atoms with E-state index < -0.39 is 26.0 Å². The molecule has 8 heterocycles. The van der Waals surface area contributed by atoms with Gasteiger partial charge in [-0.3, -0.25) is 13.4 Å². The number of anilines is 2. The number of sulfonamides is 2. The molecule has 17 nitrogen and oxygen atoms in total. The number of carbonyl (C=O) groups is 2. The fourth-order valence-corrected chi connectivity index (χ4v) is 13.6. The summed E-state index contributed by atoms with van der Waals surface area (Å²) in [5, 5.41) is 22.3. The van der Waals surface area contributed by atoms with Gasteiger partial charge in [-0.25, -0.2) is 40.6 Å². The largest absolute Gasteiger partial charge is 0.478 e. The lowest BCUT2D eigenvalue weighted by Crippen LogP contribution is -2.39. The van der Waals surface area contributed by atoms with Gasteiger partial charge in [-0.05, 0) is 141 Å². The Morgan fingerprint density at radius 3 is 1.60 bits per heavy atom. The molecule has 1 amide bonds. The number of aryl methyl sites for hydroxylation is 4. The van der Waals surface area contributed by atoms with Gasteiger partial charge in [-0.15, -0.1) is 0 Å². The minimum absolute atomic E-state index is 0.